The fourth-order valence-electron chi connectivity index (χ4n) is 2.09. The van der Waals surface area contributed by atoms with Crippen LogP contribution in [0.3, 0.4) is 0 Å². The van der Waals surface area contributed by atoms with Crippen LogP contribution in [0.2, 0.25) is 0 Å². The summed E-state index contributed by atoms with van der Waals surface area (Å²) in [6.45, 7) is 5.04. The first-order valence-electron chi connectivity index (χ1n) is 7.19. The molecule has 1 aliphatic heterocycles. The highest BCUT2D eigenvalue weighted by atomic mass is 19.1. The van der Waals surface area contributed by atoms with Crippen molar-refractivity contribution in [3.63, 3.8) is 0 Å². The van der Waals surface area contributed by atoms with Gasteiger partial charge in [0.25, 0.3) is 5.91 Å². The summed E-state index contributed by atoms with van der Waals surface area (Å²) in [4.78, 5) is 13.9. The Morgan fingerprint density at radius 3 is 2.71 bits per heavy atom. The van der Waals surface area contributed by atoms with E-state index in [0.717, 1.165) is 39.3 Å². The molecule has 0 atom stereocenters. The van der Waals surface area contributed by atoms with Crippen LogP contribution in [0.15, 0.2) is 24.3 Å². The molecule has 1 fully saturated rings. The lowest BCUT2D eigenvalue weighted by atomic mass is 10.3. The van der Waals surface area contributed by atoms with Gasteiger partial charge in [0.2, 0.25) is 0 Å². The second kappa shape index (κ2) is 8.59. The zero-order valence-electron chi connectivity index (χ0n) is 12.0. The number of rotatable bonds is 7. The third-order valence-electron chi connectivity index (χ3n) is 3.26. The molecule has 0 aliphatic carbocycles. The number of ether oxygens (including phenoxy) is 2. The maximum absolute atomic E-state index is 12.7. The van der Waals surface area contributed by atoms with E-state index in [0.29, 0.717) is 12.3 Å². The Hall–Kier alpha value is -1.66. The van der Waals surface area contributed by atoms with Crippen LogP contribution in [0.1, 0.15) is 6.42 Å². The van der Waals surface area contributed by atoms with Gasteiger partial charge < -0.3 is 14.8 Å². The zero-order valence-corrected chi connectivity index (χ0v) is 12.0. The monoisotopic (exact) mass is 296 g/mol. The van der Waals surface area contributed by atoms with Crippen molar-refractivity contribution in [1.82, 2.24) is 10.2 Å². The number of hydrogen-bond donors (Lipinski definition) is 1. The highest BCUT2D eigenvalue weighted by Gasteiger charge is 2.09. The average molecular weight is 296 g/mol. The summed E-state index contributed by atoms with van der Waals surface area (Å²) in [6, 6.07) is 5.60. The van der Waals surface area contributed by atoms with Crippen molar-refractivity contribution in [3.05, 3.63) is 30.1 Å². The van der Waals surface area contributed by atoms with Crippen molar-refractivity contribution in [2.45, 2.75) is 6.42 Å². The summed E-state index contributed by atoms with van der Waals surface area (Å²) in [5.41, 5.74) is 0. The van der Waals surface area contributed by atoms with E-state index >= 15 is 0 Å². The van der Waals surface area contributed by atoms with E-state index in [1.807, 2.05) is 0 Å². The third-order valence-corrected chi connectivity index (χ3v) is 3.26. The Bertz CT molecular complexity index is 433. The van der Waals surface area contributed by atoms with Gasteiger partial charge in [0, 0.05) is 19.6 Å². The smallest absolute Gasteiger partial charge is 0.257 e. The van der Waals surface area contributed by atoms with Gasteiger partial charge in [-0.2, -0.15) is 0 Å². The van der Waals surface area contributed by atoms with Crippen LogP contribution in [-0.2, 0) is 9.53 Å². The molecule has 0 saturated carbocycles. The summed E-state index contributed by atoms with van der Waals surface area (Å²) >= 11 is 0. The van der Waals surface area contributed by atoms with E-state index in [2.05, 4.69) is 10.2 Å². The molecule has 5 nitrogen and oxygen atoms in total. The summed E-state index contributed by atoms with van der Waals surface area (Å²) in [5, 5.41) is 2.81. The maximum Gasteiger partial charge on any atom is 0.257 e. The fourth-order valence-corrected chi connectivity index (χ4v) is 2.09. The number of hydrogen-bond acceptors (Lipinski definition) is 4. The van der Waals surface area contributed by atoms with Gasteiger partial charge in [-0.05, 0) is 37.2 Å². The van der Waals surface area contributed by atoms with Crippen molar-refractivity contribution in [2.75, 3.05) is 46.0 Å². The number of halogens is 1. The second-order valence-electron chi connectivity index (χ2n) is 4.90. The van der Waals surface area contributed by atoms with Crippen LogP contribution in [0.25, 0.3) is 0 Å². The van der Waals surface area contributed by atoms with Crippen LogP contribution in [0.4, 0.5) is 4.39 Å². The topological polar surface area (TPSA) is 50.8 Å². The minimum atomic E-state index is -0.324. The van der Waals surface area contributed by atoms with Crippen LogP contribution >= 0.6 is 0 Å². The van der Waals surface area contributed by atoms with Gasteiger partial charge in [-0.15, -0.1) is 0 Å². The largest absolute Gasteiger partial charge is 0.484 e. The molecule has 116 valence electrons. The first kappa shape index (κ1) is 15.7. The predicted molar refractivity (Wildman–Crippen MR) is 76.8 cm³/mol. The molecule has 1 saturated heterocycles. The van der Waals surface area contributed by atoms with Crippen LogP contribution < -0.4 is 10.1 Å². The molecule has 1 aromatic rings. The summed E-state index contributed by atoms with van der Waals surface area (Å²) in [7, 11) is 0. The van der Waals surface area contributed by atoms with Gasteiger partial charge in [-0.1, -0.05) is 0 Å². The van der Waals surface area contributed by atoms with Gasteiger partial charge in [0.1, 0.15) is 11.6 Å². The summed E-state index contributed by atoms with van der Waals surface area (Å²) < 4.78 is 23.2. The van der Waals surface area contributed by atoms with E-state index in [1.165, 1.54) is 24.3 Å². The van der Waals surface area contributed by atoms with Crippen molar-refractivity contribution in [3.8, 4) is 5.75 Å². The fraction of sp³-hybridized carbons (Fsp3) is 0.533. The Morgan fingerprint density at radius 1 is 1.29 bits per heavy atom. The highest BCUT2D eigenvalue weighted by molar-refractivity contribution is 5.77. The minimum Gasteiger partial charge on any atom is -0.484 e. The van der Waals surface area contributed by atoms with E-state index in [-0.39, 0.29) is 18.3 Å². The number of nitrogens with one attached hydrogen (secondary N) is 1. The quantitative estimate of drug-likeness (QED) is 0.764. The Balaban J connectivity index is 1.54. The zero-order chi connectivity index (χ0) is 14.9. The Labute approximate surface area is 124 Å². The van der Waals surface area contributed by atoms with E-state index < -0.39 is 0 Å². The number of nitrogens with zero attached hydrogens (tertiary/aromatic N) is 1. The van der Waals surface area contributed by atoms with Crippen molar-refractivity contribution in [1.29, 1.82) is 0 Å². The number of amides is 1. The molecule has 1 aliphatic rings. The molecule has 21 heavy (non-hydrogen) atoms. The average Bonchev–Trinajstić information content (AvgIpc) is 2.52. The SMILES string of the molecule is O=C(COc1ccc(F)cc1)NCCCN1CCOCC1. The lowest BCUT2D eigenvalue weighted by molar-refractivity contribution is -0.123. The molecule has 1 N–H and O–H groups in total. The van der Waals surface area contributed by atoms with Crippen molar-refractivity contribution < 1.29 is 18.7 Å². The highest BCUT2D eigenvalue weighted by Crippen LogP contribution is 2.10. The molecule has 0 radical (unpaired) electrons. The normalized spacial score (nSPS) is 15.7. The molecular weight excluding hydrogens is 275 g/mol. The van der Waals surface area contributed by atoms with Crippen LogP contribution in [-0.4, -0.2) is 56.8 Å². The first-order valence-corrected chi connectivity index (χ1v) is 7.19. The third kappa shape index (κ3) is 6.10. The first-order chi connectivity index (χ1) is 10.2. The molecule has 0 unspecified atom stereocenters. The molecule has 0 aromatic heterocycles. The predicted octanol–water partition coefficient (Wildman–Crippen LogP) is 1.04. The molecule has 2 rings (SSSR count). The lowest BCUT2D eigenvalue weighted by Gasteiger charge is -2.26. The number of morpholine rings is 1. The molecule has 1 aromatic carbocycles. The number of benzene rings is 1. The number of carbonyl (C=O) groups excluding carboxylic acids is 1. The Kier molecular flexibility index (Phi) is 6.43. The number of carbonyl (C=O) groups is 1. The van der Waals surface area contributed by atoms with Gasteiger partial charge in [-0.3, -0.25) is 9.69 Å². The maximum atomic E-state index is 12.7. The van der Waals surface area contributed by atoms with Crippen LogP contribution in [0.5, 0.6) is 5.75 Å². The molecule has 6 heteroatoms. The summed E-state index contributed by atoms with van der Waals surface area (Å²) in [5.74, 6) is -0.00363. The summed E-state index contributed by atoms with van der Waals surface area (Å²) in [6.07, 6.45) is 0.905. The van der Waals surface area contributed by atoms with Gasteiger partial charge in [0.15, 0.2) is 6.61 Å². The van der Waals surface area contributed by atoms with E-state index in [1.54, 1.807) is 0 Å². The van der Waals surface area contributed by atoms with E-state index in [4.69, 9.17) is 9.47 Å². The molecule has 0 spiro atoms. The Morgan fingerprint density at radius 2 is 2.00 bits per heavy atom. The van der Waals surface area contributed by atoms with Gasteiger partial charge in [-0.25, -0.2) is 4.39 Å². The second-order valence-corrected chi connectivity index (χ2v) is 4.90. The molecule has 1 amide bonds. The molecule has 1 heterocycles. The minimum absolute atomic E-state index is 0.0524. The van der Waals surface area contributed by atoms with Gasteiger partial charge >= 0.3 is 0 Å². The van der Waals surface area contributed by atoms with Crippen molar-refractivity contribution in [2.24, 2.45) is 0 Å². The molecule has 0 bridgehead atoms. The van der Waals surface area contributed by atoms with Gasteiger partial charge in [0.05, 0.1) is 13.2 Å². The van der Waals surface area contributed by atoms with E-state index in [9.17, 15) is 9.18 Å². The van der Waals surface area contributed by atoms with Crippen LogP contribution in [0, 0.1) is 5.82 Å². The lowest BCUT2D eigenvalue weighted by Crippen LogP contribution is -2.38. The van der Waals surface area contributed by atoms with Crippen molar-refractivity contribution >= 4 is 5.91 Å². The standard InChI is InChI=1S/C15H21FN2O3/c16-13-2-4-14(5-3-13)21-12-15(19)17-6-1-7-18-8-10-20-11-9-18/h2-5H,1,6-12H2,(H,17,19). The molecular formula is C15H21FN2O3.